The summed E-state index contributed by atoms with van der Waals surface area (Å²) in [5.41, 5.74) is 0.359. The summed E-state index contributed by atoms with van der Waals surface area (Å²) in [6.45, 7) is 2.69. The maximum atomic E-state index is 11.8. The number of unbranched alkanes of at least 4 members (excludes halogenated alkanes) is 9. The third kappa shape index (κ3) is 12.5. The monoisotopic (exact) mass is 395 g/mol. The van der Waals surface area contributed by atoms with Gasteiger partial charge in [-0.05, 0) is 24.6 Å². The lowest BCUT2D eigenvalue weighted by molar-refractivity contribution is -0.144. The molecule has 0 atom stereocenters. The van der Waals surface area contributed by atoms with E-state index in [0.717, 1.165) is 12.8 Å². The first-order chi connectivity index (χ1) is 13.1. The smallest absolute Gasteiger partial charge is 0.338 e. The third-order valence-corrected chi connectivity index (χ3v) is 4.55. The largest absolute Gasteiger partial charge is 0.466 e. The average Bonchev–Trinajstić information content (AvgIpc) is 2.66. The van der Waals surface area contributed by atoms with Crippen LogP contribution in [0.25, 0.3) is 0 Å². The molecule has 1 aromatic rings. The van der Waals surface area contributed by atoms with Crippen molar-refractivity contribution in [1.29, 1.82) is 0 Å². The van der Waals surface area contributed by atoms with Crippen LogP contribution in [0.5, 0.6) is 0 Å². The second kappa shape index (κ2) is 15.5. The number of halogens is 1. The van der Waals surface area contributed by atoms with Gasteiger partial charge in [-0.25, -0.2) is 4.79 Å². The van der Waals surface area contributed by atoms with Gasteiger partial charge in [-0.3, -0.25) is 4.79 Å². The normalized spacial score (nSPS) is 10.6. The van der Waals surface area contributed by atoms with Crippen molar-refractivity contribution < 1.29 is 19.1 Å². The van der Waals surface area contributed by atoms with Crippen LogP contribution in [0.2, 0.25) is 5.02 Å². The summed E-state index contributed by atoms with van der Waals surface area (Å²) in [6, 6.07) is 7.31. The van der Waals surface area contributed by atoms with E-state index in [-0.39, 0.29) is 19.0 Å². The lowest BCUT2D eigenvalue weighted by Crippen LogP contribution is -2.12. The fraction of sp³-hybridized carbons (Fsp3) is 0.636. The lowest BCUT2D eigenvalue weighted by Gasteiger charge is -2.06. The zero-order valence-electron chi connectivity index (χ0n) is 16.4. The Kier molecular flexibility index (Phi) is 13.5. The molecule has 0 aromatic heterocycles. The number of rotatable bonds is 15. The maximum absolute atomic E-state index is 11.8. The van der Waals surface area contributed by atoms with Crippen LogP contribution in [-0.4, -0.2) is 25.2 Å². The molecule has 0 spiro atoms. The molecule has 0 aliphatic heterocycles. The van der Waals surface area contributed by atoms with Gasteiger partial charge < -0.3 is 9.47 Å². The molecular weight excluding hydrogens is 364 g/mol. The first-order valence-electron chi connectivity index (χ1n) is 10.1. The number of carbonyl (C=O) groups is 2. The van der Waals surface area contributed by atoms with Crippen LogP contribution in [0.15, 0.2) is 18.2 Å². The van der Waals surface area contributed by atoms with Crippen molar-refractivity contribution in [3.8, 4) is 0 Å². The summed E-state index contributed by atoms with van der Waals surface area (Å²) >= 11 is 5.71. The Bertz CT molecular complexity index is 528. The van der Waals surface area contributed by atoms with Crippen LogP contribution < -0.4 is 0 Å². The Morgan fingerprint density at radius 1 is 0.889 bits per heavy atom. The topological polar surface area (TPSA) is 52.6 Å². The predicted molar refractivity (Wildman–Crippen MR) is 108 cm³/mol. The molecule has 0 heterocycles. The number of esters is 2. The molecule has 151 valence electrons. The average molecular weight is 396 g/mol. The Morgan fingerprint density at radius 2 is 1.52 bits per heavy atom. The van der Waals surface area contributed by atoms with E-state index in [0.29, 0.717) is 17.2 Å². The van der Waals surface area contributed by atoms with Gasteiger partial charge in [0.25, 0.3) is 0 Å². The molecule has 27 heavy (non-hydrogen) atoms. The fourth-order valence-corrected chi connectivity index (χ4v) is 2.81. The van der Waals surface area contributed by atoms with Crippen LogP contribution >= 0.6 is 11.6 Å². The molecule has 1 rings (SSSR count). The van der Waals surface area contributed by atoms with Gasteiger partial charge >= 0.3 is 11.9 Å². The van der Waals surface area contributed by atoms with Crippen molar-refractivity contribution in [2.24, 2.45) is 0 Å². The maximum Gasteiger partial charge on any atom is 0.338 e. The summed E-state index contributed by atoms with van der Waals surface area (Å²) in [7, 11) is 0. The Balaban J connectivity index is 1.92. The number of ether oxygens (including phenoxy) is 2. The highest BCUT2D eigenvalue weighted by Crippen LogP contribution is 2.11. The van der Waals surface area contributed by atoms with E-state index in [2.05, 4.69) is 13.0 Å². The van der Waals surface area contributed by atoms with Crippen molar-refractivity contribution in [3.05, 3.63) is 34.9 Å². The van der Waals surface area contributed by atoms with E-state index in [1.54, 1.807) is 12.1 Å². The highest BCUT2D eigenvalue weighted by Gasteiger charge is 2.09. The minimum atomic E-state index is -0.495. The summed E-state index contributed by atoms with van der Waals surface area (Å²) in [6.07, 6.45) is 12.5. The van der Waals surface area contributed by atoms with Crippen molar-refractivity contribution in [2.75, 3.05) is 13.2 Å². The molecule has 0 aliphatic carbocycles. The van der Waals surface area contributed by atoms with E-state index in [4.69, 9.17) is 21.1 Å². The lowest BCUT2D eigenvalue weighted by atomic mass is 10.1. The fourth-order valence-electron chi connectivity index (χ4n) is 2.69. The first kappa shape index (κ1) is 23.5. The first-order valence-corrected chi connectivity index (χ1v) is 10.5. The highest BCUT2D eigenvalue weighted by atomic mass is 35.5. The minimum Gasteiger partial charge on any atom is -0.466 e. The molecule has 0 saturated carbocycles. The molecule has 0 N–H and O–H groups in total. The van der Waals surface area contributed by atoms with Gasteiger partial charge in [0.05, 0.1) is 18.6 Å². The van der Waals surface area contributed by atoms with Gasteiger partial charge in [0.1, 0.15) is 6.61 Å². The molecule has 0 unspecified atom stereocenters. The van der Waals surface area contributed by atoms with Crippen molar-refractivity contribution in [3.63, 3.8) is 0 Å². The molecule has 4 nitrogen and oxygen atoms in total. The van der Waals surface area contributed by atoms with Gasteiger partial charge in [0, 0.05) is 11.1 Å². The Morgan fingerprint density at radius 3 is 2.11 bits per heavy atom. The summed E-state index contributed by atoms with van der Waals surface area (Å²) in [5, 5.41) is 0.433. The molecule has 5 heteroatoms. The molecule has 0 saturated heterocycles. The minimum absolute atomic E-state index is 0.0122. The second-order valence-corrected chi connectivity index (χ2v) is 7.12. The van der Waals surface area contributed by atoms with Crippen LogP contribution in [0.3, 0.4) is 0 Å². The van der Waals surface area contributed by atoms with Gasteiger partial charge in [0.2, 0.25) is 0 Å². The van der Waals surface area contributed by atoms with Crippen LogP contribution in [0.1, 0.15) is 87.9 Å². The highest BCUT2D eigenvalue weighted by molar-refractivity contribution is 6.30. The number of benzene rings is 1. The molecule has 1 aromatic carbocycles. The van der Waals surface area contributed by atoms with E-state index in [9.17, 15) is 9.59 Å². The van der Waals surface area contributed by atoms with Gasteiger partial charge in [-0.2, -0.15) is 0 Å². The SMILES string of the molecule is CCCCCCCCCCCCOC(=O)CCOC(=O)c1c[c]c(Cl)cc1. The molecule has 1 radical (unpaired) electrons. The van der Waals surface area contributed by atoms with E-state index >= 15 is 0 Å². The van der Waals surface area contributed by atoms with Gasteiger partial charge in [-0.1, -0.05) is 76.3 Å². The summed E-state index contributed by atoms with van der Waals surface area (Å²) in [4.78, 5) is 23.4. The number of hydrogen-bond acceptors (Lipinski definition) is 4. The van der Waals surface area contributed by atoms with E-state index < -0.39 is 5.97 Å². The van der Waals surface area contributed by atoms with Crippen LogP contribution in [-0.2, 0) is 14.3 Å². The number of hydrogen-bond donors (Lipinski definition) is 0. The zero-order valence-corrected chi connectivity index (χ0v) is 17.2. The summed E-state index contributed by atoms with van der Waals surface area (Å²) in [5.74, 6) is -0.827. The van der Waals surface area contributed by atoms with Crippen molar-refractivity contribution in [1.82, 2.24) is 0 Å². The van der Waals surface area contributed by atoms with E-state index in [1.165, 1.54) is 57.4 Å². The van der Waals surface area contributed by atoms with Crippen LogP contribution in [0.4, 0.5) is 0 Å². The molecule has 0 bridgehead atoms. The van der Waals surface area contributed by atoms with Crippen molar-refractivity contribution in [2.45, 2.75) is 77.6 Å². The van der Waals surface area contributed by atoms with Crippen molar-refractivity contribution >= 4 is 23.5 Å². The van der Waals surface area contributed by atoms with Gasteiger partial charge in [-0.15, -0.1) is 0 Å². The zero-order chi connectivity index (χ0) is 19.7. The third-order valence-electron chi connectivity index (χ3n) is 4.31. The summed E-state index contributed by atoms with van der Waals surface area (Å²) < 4.78 is 10.2. The van der Waals surface area contributed by atoms with Gasteiger partial charge in [0.15, 0.2) is 0 Å². The molecule has 0 fully saturated rings. The standard InChI is InChI=1S/C22H32ClO4/c1-2-3-4-5-6-7-8-9-10-11-17-26-21(24)16-18-27-22(25)19-12-14-20(23)15-13-19/h12-14H,2-11,16-18H2,1H3. The number of carbonyl (C=O) groups excluding carboxylic acids is 2. The molecule has 0 amide bonds. The molecular formula is C22H32ClO4. The second-order valence-electron chi connectivity index (χ2n) is 6.71. The predicted octanol–water partition coefficient (Wildman–Crippen LogP) is 6.15. The Hall–Kier alpha value is -1.55. The van der Waals surface area contributed by atoms with Crippen LogP contribution in [0, 0.1) is 6.07 Å². The Labute approximate surface area is 168 Å². The van der Waals surface area contributed by atoms with E-state index in [1.807, 2.05) is 0 Å². The quantitative estimate of drug-likeness (QED) is 0.264. The molecule has 0 aliphatic rings.